The number of nitrogens with zero attached hydrogens (tertiary/aromatic N) is 4. The Bertz CT molecular complexity index is 729. The van der Waals surface area contributed by atoms with Crippen LogP contribution in [-0.4, -0.2) is 44.9 Å². The lowest BCUT2D eigenvalue weighted by atomic mass is 9.93. The predicted molar refractivity (Wildman–Crippen MR) is 93.7 cm³/mol. The molecule has 0 bridgehead atoms. The van der Waals surface area contributed by atoms with E-state index in [9.17, 15) is 4.79 Å². The second-order valence-corrected chi connectivity index (χ2v) is 7.55. The van der Waals surface area contributed by atoms with Crippen molar-refractivity contribution in [3.63, 3.8) is 0 Å². The van der Waals surface area contributed by atoms with Gasteiger partial charge in [-0.2, -0.15) is 0 Å². The fraction of sp³-hybridized carbons (Fsp3) is 0.579. The molecule has 0 aliphatic carbocycles. The van der Waals surface area contributed by atoms with Gasteiger partial charge in [0.05, 0.1) is 36.2 Å². The molecular weight excluding hydrogens is 316 g/mol. The molecule has 0 unspecified atom stereocenters. The summed E-state index contributed by atoms with van der Waals surface area (Å²) in [6.07, 6.45) is 7.52. The number of carbonyl (C=O) groups excluding carboxylic acids is 1. The van der Waals surface area contributed by atoms with E-state index in [2.05, 4.69) is 21.7 Å². The summed E-state index contributed by atoms with van der Waals surface area (Å²) < 4.78 is 7.21. The molecule has 1 atom stereocenters. The third-order valence-electron chi connectivity index (χ3n) is 5.59. The number of likely N-dealkylation sites (tertiary alicyclic amines) is 1. The number of carbonyl (C=O) groups is 1. The molecular formula is C19H26N4O2. The normalized spacial score (nSPS) is 22.2. The fourth-order valence-corrected chi connectivity index (χ4v) is 4.08. The van der Waals surface area contributed by atoms with Crippen LogP contribution < -0.4 is 0 Å². The van der Waals surface area contributed by atoms with Gasteiger partial charge in [0.15, 0.2) is 0 Å². The van der Waals surface area contributed by atoms with Crippen LogP contribution in [0.2, 0.25) is 0 Å². The van der Waals surface area contributed by atoms with Gasteiger partial charge in [0, 0.05) is 45.3 Å². The maximum absolute atomic E-state index is 13.3. The van der Waals surface area contributed by atoms with E-state index >= 15 is 0 Å². The molecule has 134 valence electrons. The number of amides is 1. The largest absolute Gasteiger partial charge is 0.472 e. The molecule has 6 heteroatoms. The lowest BCUT2D eigenvalue weighted by molar-refractivity contribution is -0.135. The summed E-state index contributed by atoms with van der Waals surface area (Å²) in [6.45, 7) is 6.34. The van der Waals surface area contributed by atoms with Crippen LogP contribution in [0.15, 0.2) is 29.3 Å². The van der Waals surface area contributed by atoms with Crippen molar-refractivity contribution >= 4 is 5.91 Å². The Balaban J connectivity index is 1.56. The first-order valence-corrected chi connectivity index (χ1v) is 9.14. The smallest absolute Gasteiger partial charge is 0.233 e. The molecule has 2 aromatic heterocycles. The van der Waals surface area contributed by atoms with E-state index in [-0.39, 0.29) is 11.8 Å². The topological polar surface area (TPSA) is 54.5 Å². The quantitative estimate of drug-likeness (QED) is 0.859. The maximum Gasteiger partial charge on any atom is 0.233 e. The van der Waals surface area contributed by atoms with Gasteiger partial charge in [-0.3, -0.25) is 9.69 Å². The zero-order valence-electron chi connectivity index (χ0n) is 15.0. The summed E-state index contributed by atoms with van der Waals surface area (Å²) in [7, 11) is 2.00. The van der Waals surface area contributed by atoms with E-state index < -0.39 is 0 Å². The molecule has 0 N–H and O–H groups in total. The summed E-state index contributed by atoms with van der Waals surface area (Å²) in [5, 5.41) is 0. The number of aryl methyl sites for hydroxylation is 1. The van der Waals surface area contributed by atoms with Crippen molar-refractivity contribution in [3.8, 4) is 0 Å². The first-order chi connectivity index (χ1) is 12.1. The Morgan fingerprint density at radius 1 is 1.36 bits per heavy atom. The van der Waals surface area contributed by atoms with Crippen LogP contribution in [-0.2, 0) is 24.9 Å². The van der Waals surface area contributed by atoms with Crippen LogP contribution in [0, 0.1) is 5.92 Å². The summed E-state index contributed by atoms with van der Waals surface area (Å²) in [5.74, 6) is 0.852. The van der Waals surface area contributed by atoms with Crippen LogP contribution in [0.5, 0.6) is 0 Å². The maximum atomic E-state index is 13.3. The summed E-state index contributed by atoms with van der Waals surface area (Å²) in [6, 6.07) is 1.98. The molecule has 1 saturated heterocycles. The Kier molecular flexibility index (Phi) is 4.37. The number of furan rings is 1. The number of imidazole rings is 1. The highest BCUT2D eigenvalue weighted by Crippen LogP contribution is 2.31. The summed E-state index contributed by atoms with van der Waals surface area (Å²) in [4.78, 5) is 22.2. The third kappa shape index (κ3) is 3.23. The van der Waals surface area contributed by atoms with Crippen molar-refractivity contribution in [3.05, 3.63) is 41.9 Å². The Morgan fingerprint density at radius 2 is 2.16 bits per heavy atom. The standard InChI is InChI=1S/C19H26N4O2/c1-14-3-6-23(7-4-14)19(24)16-10-22(9-15-5-8-25-12-15)11-17-18(16)21(2)13-20-17/h5,8,12-14,16H,3-4,6-7,9-11H2,1-2H3/t16-/m0/s1. The molecule has 0 aromatic carbocycles. The second-order valence-electron chi connectivity index (χ2n) is 7.55. The van der Waals surface area contributed by atoms with Gasteiger partial charge < -0.3 is 13.9 Å². The minimum atomic E-state index is -0.128. The van der Waals surface area contributed by atoms with Crippen LogP contribution in [0.4, 0.5) is 0 Å². The third-order valence-corrected chi connectivity index (χ3v) is 5.59. The summed E-state index contributed by atoms with van der Waals surface area (Å²) in [5.41, 5.74) is 3.26. The van der Waals surface area contributed by atoms with Gasteiger partial charge in [-0.25, -0.2) is 4.98 Å². The number of rotatable bonds is 3. The van der Waals surface area contributed by atoms with Gasteiger partial charge in [0.25, 0.3) is 0 Å². The van der Waals surface area contributed by atoms with Gasteiger partial charge in [-0.1, -0.05) is 6.92 Å². The number of fused-ring (bicyclic) bond motifs is 1. The average molecular weight is 342 g/mol. The number of hydrogen-bond donors (Lipinski definition) is 0. The second kappa shape index (κ2) is 6.67. The van der Waals surface area contributed by atoms with Gasteiger partial charge >= 0.3 is 0 Å². The summed E-state index contributed by atoms with van der Waals surface area (Å²) >= 11 is 0. The van der Waals surface area contributed by atoms with Crippen LogP contribution in [0.3, 0.4) is 0 Å². The Labute approximate surface area is 148 Å². The van der Waals surface area contributed by atoms with Crippen molar-refractivity contribution in [2.45, 2.75) is 38.8 Å². The Hall–Kier alpha value is -2.08. The number of hydrogen-bond acceptors (Lipinski definition) is 4. The van der Waals surface area contributed by atoms with E-state index in [0.29, 0.717) is 0 Å². The van der Waals surface area contributed by atoms with E-state index in [1.54, 1.807) is 12.5 Å². The van der Waals surface area contributed by atoms with Crippen molar-refractivity contribution in [2.24, 2.45) is 13.0 Å². The average Bonchev–Trinajstić information content (AvgIpc) is 3.25. The van der Waals surface area contributed by atoms with Crippen molar-refractivity contribution in [1.82, 2.24) is 19.4 Å². The highest BCUT2D eigenvalue weighted by atomic mass is 16.3. The van der Waals surface area contributed by atoms with Crippen LogP contribution >= 0.6 is 0 Å². The monoisotopic (exact) mass is 342 g/mol. The lowest BCUT2D eigenvalue weighted by Crippen LogP contribution is -2.46. The minimum absolute atomic E-state index is 0.128. The molecule has 0 spiro atoms. The highest BCUT2D eigenvalue weighted by molar-refractivity contribution is 5.84. The van der Waals surface area contributed by atoms with Crippen molar-refractivity contribution < 1.29 is 9.21 Å². The SMILES string of the molecule is CC1CCN(C(=O)[C@H]2CN(Cc3ccoc3)Cc3ncn(C)c32)CC1. The zero-order valence-corrected chi connectivity index (χ0v) is 15.0. The molecule has 25 heavy (non-hydrogen) atoms. The van der Waals surface area contributed by atoms with Gasteiger partial charge in [-0.15, -0.1) is 0 Å². The fourth-order valence-electron chi connectivity index (χ4n) is 4.08. The molecule has 2 aromatic rings. The predicted octanol–water partition coefficient (Wildman–Crippen LogP) is 2.37. The molecule has 2 aliphatic rings. The molecule has 1 fully saturated rings. The lowest BCUT2D eigenvalue weighted by Gasteiger charge is -2.37. The van der Waals surface area contributed by atoms with Crippen molar-refractivity contribution in [2.75, 3.05) is 19.6 Å². The van der Waals surface area contributed by atoms with E-state index in [4.69, 9.17) is 4.42 Å². The number of piperidine rings is 1. The first kappa shape index (κ1) is 16.4. The van der Waals surface area contributed by atoms with Gasteiger partial charge in [-0.05, 0) is 24.8 Å². The highest BCUT2D eigenvalue weighted by Gasteiger charge is 2.36. The molecule has 0 radical (unpaired) electrons. The number of aromatic nitrogens is 2. The molecule has 4 rings (SSSR count). The van der Waals surface area contributed by atoms with Crippen LogP contribution in [0.25, 0.3) is 0 Å². The molecule has 6 nitrogen and oxygen atoms in total. The van der Waals surface area contributed by atoms with E-state index in [1.807, 2.05) is 24.0 Å². The molecule has 0 saturated carbocycles. The van der Waals surface area contributed by atoms with E-state index in [0.717, 1.165) is 68.4 Å². The first-order valence-electron chi connectivity index (χ1n) is 9.14. The van der Waals surface area contributed by atoms with Crippen molar-refractivity contribution in [1.29, 1.82) is 0 Å². The molecule has 1 amide bonds. The molecule has 2 aliphatic heterocycles. The van der Waals surface area contributed by atoms with Gasteiger partial charge in [0.1, 0.15) is 0 Å². The van der Waals surface area contributed by atoms with Gasteiger partial charge in [0.2, 0.25) is 5.91 Å². The van der Waals surface area contributed by atoms with E-state index in [1.165, 1.54) is 0 Å². The molecule has 4 heterocycles. The Morgan fingerprint density at radius 3 is 2.88 bits per heavy atom. The minimum Gasteiger partial charge on any atom is -0.472 e. The van der Waals surface area contributed by atoms with Crippen LogP contribution in [0.1, 0.15) is 42.6 Å². The zero-order chi connectivity index (χ0) is 17.4.